The maximum absolute atomic E-state index is 13.0. The number of aromatic nitrogens is 1. The zero-order chi connectivity index (χ0) is 14.0. The van der Waals surface area contributed by atoms with E-state index in [-0.39, 0.29) is 11.9 Å². The molecule has 100 valence electrons. The Kier molecular flexibility index (Phi) is 4.32. The lowest BCUT2D eigenvalue weighted by molar-refractivity contribution is 0.623. The molecule has 2 rings (SSSR count). The van der Waals surface area contributed by atoms with Crippen molar-refractivity contribution in [2.24, 2.45) is 5.73 Å². The van der Waals surface area contributed by atoms with Crippen molar-refractivity contribution in [3.8, 4) is 0 Å². The van der Waals surface area contributed by atoms with E-state index in [1.165, 1.54) is 12.1 Å². The van der Waals surface area contributed by atoms with Crippen LogP contribution in [0, 0.1) is 19.7 Å². The van der Waals surface area contributed by atoms with Gasteiger partial charge in [-0.05, 0) is 49.1 Å². The molecule has 0 bridgehead atoms. The van der Waals surface area contributed by atoms with Crippen LogP contribution in [-0.4, -0.2) is 4.98 Å². The van der Waals surface area contributed by atoms with Crippen molar-refractivity contribution >= 4 is 15.9 Å². The molecule has 0 radical (unpaired) electrons. The summed E-state index contributed by atoms with van der Waals surface area (Å²) in [6.45, 7) is 4.01. The molecule has 1 aromatic heterocycles. The SMILES string of the molecule is Cc1cnc(C(N)Cc2ccc(F)cc2Br)c(C)c1. The number of hydrogen-bond acceptors (Lipinski definition) is 2. The van der Waals surface area contributed by atoms with Gasteiger partial charge in [-0.1, -0.05) is 28.1 Å². The Balaban J connectivity index is 2.23. The van der Waals surface area contributed by atoms with Crippen molar-refractivity contribution in [3.63, 3.8) is 0 Å². The van der Waals surface area contributed by atoms with Crippen molar-refractivity contribution in [3.05, 3.63) is 63.1 Å². The van der Waals surface area contributed by atoms with Gasteiger partial charge < -0.3 is 5.73 Å². The lowest BCUT2D eigenvalue weighted by Gasteiger charge is -2.15. The summed E-state index contributed by atoms with van der Waals surface area (Å²) in [4.78, 5) is 4.41. The Hall–Kier alpha value is -1.26. The van der Waals surface area contributed by atoms with E-state index in [1.807, 2.05) is 20.0 Å². The van der Waals surface area contributed by atoms with Gasteiger partial charge in [0.15, 0.2) is 0 Å². The highest BCUT2D eigenvalue weighted by Gasteiger charge is 2.13. The molecule has 0 spiro atoms. The summed E-state index contributed by atoms with van der Waals surface area (Å²) in [5.41, 5.74) is 10.3. The first-order chi connectivity index (χ1) is 8.97. The van der Waals surface area contributed by atoms with Crippen LogP contribution in [0.4, 0.5) is 4.39 Å². The predicted octanol–water partition coefficient (Wildman–Crippen LogP) is 3.84. The second-order valence-electron chi connectivity index (χ2n) is 4.76. The van der Waals surface area contributed by atoms with Gasteiger partial charge in [0.1, 0.15) is 5.82 Å². The van der Waals surface area contributed by atoms with Crippen molar-refractivity contribution in [2.75, 3.05) is 0 Å². The molecule has 0 aliphatic rings. The Morgan fingerprint density at radius 2 is 2.05 bits per heavy atom. The van der Waals surface area contributed by atoms with Crippen molar-refractivity contribution < 1.29 is 4.39 Å². The summed E-state index contributed by atoms with van der Waals surface area (Å²) in [6.07, 6.45) is 2.44. The predicted molar refractivity (Wildman–Crippen MR) is 78.4 cm³/mol. The largest absolute Gasteiger partial charge is 0.322 e. The number of nitrogens with zero attached hydrogens (tertiary/aromatic N) is 1. The van der Waals surface area contributed by atoms with Crippen molar-refractivity contribution in [2.45, 2.75) is 26.3 Å². The van der Waals surface area contributed by atoms with E-state index in [2.05, 4.69) is 27.0 Å². The fourth-order valence-electron chi connectivity index (χ4n) is 2.13. The van der Waals surface area contributed by atoms with E-state index in [1.54, 1.807) is 6.07 Å². The fraction of sp³-hybridized carbons (Fsp3) is 0.267. The van der Waals surface area contributed by atoms with Gasteiger partial charge in [-0.25, -0.2) is 4.39 Å². The molecule has 0 fully saturated rings. The van der Waals surface area contributed by atoms with Crippen LogP contribution >= 0.6 is 15.9 Å². The average Bonchev–Trinajstić information content (AvgIpc) is 2.32. The number of hydrogen-bond donors (Lipinski definition) is 1. The third-order valence-corrected chi connectivity index (χ3v) is 3.80. The van der Waals surface area contributed by atoms with E-state index >= 15 is 0 Å². The second-order valence-corrected chi connectivity index (χ2v) is 5.62. The number of nitrogens with two attached hydrogens (primary N) is 1. The summed E-state index contributed by atoms with van der Waals surface area (Å²) < 4.78 is 13.8. The molecule has 19 heavy (non-hydrogen) atoms. The standard InChI is InChI=1S/C15H16BrFN2/c1-9-5-10(2)15(19-8-9)14(18)6-11-3-4-12(17)7-13(11)16/h3-5,7-8,14H,6,18H2,1-2H3. The van der Waals surface area contributed by atoms with Crippen LogP contribution in [-0.2, 0) is 6.42 Å². The monoisotopic (exact) mass is 322 g/mol. The minimum absolute atomic E-state index is 0.192. The highest BCUT2D eigenvalue weighted by Crippen LogP contribution is 2.24. The first-order valence-corrected chi connectivity index (χ1v) is 6.89. The molecule has 2 nitrogen and oxygen atoms in total. The minimum Gasteiger partial charge on any atom is -0.322 e. The third-order valence-electron chi connectivity index (χ3n) is 3.06. The molecule has 4 heteroatoms. The lowest BCUT2D eigenvalue weighted by atomic mass is 10.00. The quantitative estimate of drug-likeness (QED) is 0.932. The van der Waals surface area contributed by atoms with E-state index < -0.39 is 0 Å². The normalized spacial score (nSPS) is 12.5. The first kappa shape index (κ1) is 14.2. The van der Waals surface area contributed by atoms with Crippen molar-refractivity contribution in [1.29, 1.82) is 0 Å². The van der Waals surface area contributed by atoms with Crippen molar-refractivity contribution in [1.82, 2.24) is 4.98 Å². The van der Waals surface area contributed by atoms with Crippen LogP contribution in [0.2, 0.25) is 0 Å². The van der Waals surface area contributed by atoms with Crippen LogP contribution in [0.25, 0.3) is 0 Å². The summed E-state index contributed by atoms with van der Waals surface area (Å²) in [5, 5.41) is 0. The smallest absolute Gasteiger partial charge is 0.124 e. The van der Waals surface area contributed by atoms with Gasteiger partial charge in [0, 0.05) is 10.7 Å². The molecule has 1 atom stereocenters. The van der Waals surface area contributed by atoms with E-state index in [4.69, 9.17) is 5.73 Å². The molecule has 1 unspecified atom stereocenters. The highest BCUT2D eigenvalue weighted by atomic mass is 79.9. The Labute approximate surface area is 121 Å². The minimum atomic E-state index is -0.256. The molecule has 0 saturated heterocycles. The molecule has 1 aromatic carbocycles. The zero-order valence-corrected chi connectivity index (χ0v) is 12.5. The number of benzene rings is 1. The molecular weight excluding hydrogens is 307 g/mol. The molecule has 0 amide bonds. The fourth-order valence-corrected chi connectivity index (χ4v) is 2.65. The van der Waals surface area contributed by atoms with Crippen LogP contribution < -0.4 is 5.73 Å². The highest BCUT2D eigenvalue weighted by molar-refractivity contribution is 9.10. The van der Waals surface area contributed by atoms with Crippen LogP contribution in [0.1, 0.15) is 28.4 Å². The molecule has 0 aliphatic heterocycles. The number of halogens is 2. The molecule has 0 saturated carbocycles. The zero-order valence-electron chi connectivity index (χ0n) is 11.0. The van der Waals surface area contributed by atoms with Gasteiger partial charge in [0.2, 0.25) is 0 Å². The van der Waals surface area contributed by atoms with Crippen LogP contribution in [0.5, 0.6) is 0 Å². The molecule has 0 aliphatic carbocycles. The van der Waals surface area contributed by atoms with Gasteiger partial charge >= 0.3 is 0 Å². The molecule has 2 N–H and O–H groups in total. The van der Waals surface area contributed by atoms with Gasteiger partial charge in [0.05, 0.1) is 11.7 Å². The third kappa shape index (κ3) is 3.39. The first-order valence-electron chi connectivity index (χ1n) is 6.10. The molecular formula is C15H16BrFN2. The summed E-state index contributed by atoms with van der Waals surface area (Å²) in [7, 11) is 0. The summed E-state index contributed by atoms with van der Waals surface area (Å²) in [5.74, 6) is -0.256. The number of aryl methyl sites for hydroxylation is 2. The van der Waals surface area contributed by atoms with Crippen LogP contribution in [0.3, 0.4) is 0 Å². The Morgan fingerprint density at radius 3 is 2.68 bits per heavy atom. The lowest BCUT2D eigenvalue weighted by Crippen LogP contribution is -2.16. The summed E-state index contributed by atoms with van der Waals surface area (Å²) in [6, 6.07) is 6.53. The maximum atomic E-state index is 13.0. The van der Waals surface area contributed by atoms with E-state index in [9.17, 15) is 4.39 Å². The Morgan fingerprint density at radius 1 is 1.32 bits per heavy atom. The molecule has 2 aromatic rings. The van der Waals surface area contributed by atoms with Crippen LogP contribution in [0.15, 0.2) is 34.9 Å². The Bertz CT molecular complexity index is 599. The molecule has 1 heterocycles. The summed E-state index contributed by atoms with van der Waals surface area (Å²) >= 11 is 3.36. The van der Waals surface area contributed by atoms with Gasteiger partial charge in [0.25, 0.3) is 0 Å². The maximum Gasteiger partial charge on any atom is 0.124 e. The van der Waals surface area contributed by atoms with Gasteiger partial charge in [-0.15, -0.1) is 0 Å². The number of pyridine rings is 1. The van der Waals surface area contributed by atoms with E-state index in [0.29, 0.717) is 6.42 Å². The second kappa shape index (κ2) is 5.80. The number of rotatable bonds is 3. The van der Waals surface area contributed by atoms with Gasteiger partial charge in [-0.2, -0.15) is 0 Å². The average molecular weight is 323 g/mol. The van der Waals surface area contributed by atoms with Gasteiger partial charge in [-0.3, -0.25) is 4.98 Å². The van der Waals surface area contributed by atoms with E-state index in [0.717, 1.165) is 26.9 Å². The topological polar surface area (TPSA) is 38.9 Å².